The van der Waals surface area contributed by atoms with Crippen molar-refractivity contribution < 1.29 is 4.74 Å². The smallest absolute Gasteiger partial charge is 0.119 e. The average Bonchev–Trinajstić information content (AvgIpc) is 2.16. The Morgan fingerprint density at radius 3 is 2.56 bits per heavy atom. The third-order valence-corrected chi connectivity index (χ3v) is 2.80. The maximum Gasteiger partial charge on any atom is 0.119 e. The van der Waals surface area contributed by atoms with Gasteiger partial charge in [-0.1, -0.05) is 32.9 Å². The minimum atomic E-state index is 0.149. The van der Waals surface area contributed by atoms with Gasteiger partial charge in [0.05, 0.1) is 6.61 Å². The van der Waals surface area contributed by atoms with Crippen molar-refractivity contribution in [1.82, 2.24) is 0 Å². The maximum atomic E-state index is 6.06. The predicted octanol–water partition coefficient (Wildman–Crippen LogP) is 3.14. The number of rotatable bonds is 4. The molecule has 0 saturated heterocycles. The molecule has 0 spiro atoms. The standard InChI is InChI=1S/C14H23NO/c1-11-6-5-7-12(10-11)16-9-8-13(15)14(2,3)4/h5-7,10,13H,8-9,15H2,1-4H3. The van der Waals surface area contributed by atoms with Crippen LogP contribution in [0, 0.1) is 12.3 Å². The molecular weight excluding hydrogens is 198 g/mol. The van der Waals surface area contributed by atoms with E-state index in [1.807, 2.05) is 18.2 Å². The second-order valence-electron chi connectivity index (χ2n) is 5.43. The Kier molecular flexibility index (Phi) is 4.36. The Balaban J connectivity index is 2.36. The highest BCUT2D eigenvalue weighted by molar-refractivity contribution is 5.27. The summed E-state index contributed by atoms with van der Waals surface area (Å²) in [5, 5.41) is 0. The number of aryl methyl sites for hydroxylation is 1. The molecule has 2 N–H and O–H groups in total. The van der Waals surface area contributed by atoms with Gasteiger partial charge in [-0.2, -0.15) is 0 Å². The van der Waals surface area contributed by atoms with Crippen LogP contribution in [0.5, 0.6) is 5.75 Å². The normalized spacial score (nSPS) is 13.6. The fraction of sp³-hybridized carbons (Fsp3) is 0.571. The lowest BCUT2D eigenvalue weighted by Crippen LogP contribution is -2.36. The Bertz CT molecular complexity index is 328. The minimum Gasteiger partial charge on any atom is -0.494 e. The van der Waals surface area contributed by atoms with Gasteiger partial charge >= 0.3 is 0 Å². The summed E-state index contributed by atoms with van der Waals surface area (Å²) < 4.78 is 5.67. The first-order valence-corrected chi connectivity index (χ1v) is 5.84. The van der Waals surface area contributed by atoms with Crippen LogP contribution in [0.25, 0.3) is 0 Å². The van der Waals surface area contributed by atoms with Gasteiger partial charge < -0.3 is 10.5 Å². The van der Waals surface area contributed by atoms with Crippen molar-refractivity contribution in [2.24, 2.45) is 11.1 Å². The molecule has 0 bridgehead atoms. The number of nitrogens with two attached hydrogens (primary N) is 1. The lowest BCUT2D eigenvalue weighted by molar-refractivity contribution is 0.239. The second kappa shape index (κ2) is 5.35. The summed E-state index contributed by atoms with van der Waals surface area (Å²) in [6.07, 6.45) is 0.886. The van der Waals surface area contributed by atoms with Crippen LogP contribution in [0.1, 0.15) is 32.8 Å². The van der Waals surface area contributed by atoms with E-state index < -0.39 is 0 Å². The monoisotopic (exact) mass is 221 g/mol. The average molecular weight is 221 g/mol. The van der Waals surface area contributed by atoms with Crippen LogP contribution in [0.4, 0.5) is 0 Å². The quantitative estimate of drug-likeness (QED) is 0.847. The molecule has 90 valence electrons. The van der Waals surface area contributed by atoms with Gasteiger partial charge in [0.25, 0.3) is 0 Å². The highest BCUT2D eigenvalue weighted by Crippen LogP contribution is 2.20. The van der Waals surface area contributed by atoms with Crippen molar-refractivity contribution in [1.29, 1.82) is 0 Å². The zero-order chi connectivity index (χ0) is 12.2. The molecule has 2 heteroatoms. The molecule has 1 atom stereocenters. The van der Waals surface area contributed by atoms with E-state index in [0.717, 1.165) is 12.2 Å². The molecule has 2 nitrogen and oxygen atoms in total. The Labute approximate surface area is 98.8 Å². The molecule has 0 amide bonds. The number of benzene rings is 1. The molecule has 1 aromatic rings. The number of hydrogen-bond donors (Lipinski definition) is 1. The largest absolute Gasteiger partial charge is 0.494 e. The second-order valence-corrected chi connectivity index (χ2v) is 5.43. The van der Waals surface area contributed by atoms with E-state index in [1.54, 1.807) is 0 Å². The van der Waals surface area contributed by atoms with Gasteiger partial charge in [-0.05, 0) is 36.5 Å². The highest BCUT2D eigenvalue weighted by atomic mass is 16.5. The topological polar surface area (TPSA) is 35.2 Å². The molecule has 0 aliphatic heterocycles. The van der Waals surface area contributed by atoms with Crippen LogP contribution in [-0.4, -0.2) is 12.6 Å². The van der Waals surface area contributed by atoms with Gasteiger partial charge in [0, 0.05) is 6.04 Å². The van der Waals surface area contributed by atoms with Crippen molar-refractivity contribution in [3.63, 3.8) is 0 Å². The molecule has 0 saturated carbocycles. The molecule has 0 aliphatic rings. The van der Waals surface area contributed by atoms with Crippen molar-refractivity contribution in [3.8, 4) is 5.75 Å². The summed E-state index contributed by atoms with van der Waals surface area (Å²) >= 11 is 0. The molecule has 1 unspecified atom stereocenters. The third kappa shape index (κ3) is 4.23. The first-order valence-electron chi connectivity index (χ1n) is 5.84. The van der Waals surface area contributed by atoms with Crippen LogP contribution < -0.4 is 10.5 Å². The van der Waals surface area contributed by atoms with E-state index in [2.05, 4.69) is 33.8 Å². The first-order chi connectivity index (χ1) is 7.39. The first kappa shape index (κ1) is 13.0. The minimum absolute atomic E-state index is 0.149. The van der Waals surface area contributed by atoms with E-state index >= 15 is 0 Å². The summed E-state index contributed by atoms with van der Waals surface area (Å²) in [6, 6.07) is 8.28. The van der Waals surface area contributed by atoms with Gasteiger partial charge in [0.2, 0.25) is 0 Å². The molecule has 0 aliphatic carbocycles. The Morgan fingerprint density at radius 1 is 1.31 bits per heavy atom. The maximum absolute atomic E-state index is 6.06. The van der Waals surface area contributed by atoms with Crippen molar-refractivity contribution in [2.45, 2.75) is 40.2 Å². The molecule has 0 heterocycles. The van der Waals surface area contributed by atoms with E-state index in [4.69, 9.17) is 10.5 Å². The van der Waals surface area contributed by atoms with Crippen LogP contribution in [0.2, 0.25) is 0 Å². The van der Waals surface area contributed by atoms with E-state index in [1.165, 1.54) is 5.56 Å². The predicted molar refractivity (Wildman–Crippen MR) is 68.7 cm³/mol. The zero-order valence-corrected chi connectivity index (χ0v) is 10.8. The number of ether oxygens (including phenoxy) is 1. The van der Waals surface area contributed by atoms with Gasteiger partial charge in [-0.3, -0.25) is 0 Å². The molecule has 0 radical (unpaired) electrons. The van der Waals surface area contributed by atoms with Crippen molar-refractivity contribution in [3.05, 3.63) is 29.8 Å². The third-order valence-electron chi connectivity index (χ3n) is 2.80. The summed E-state index contributed by atoms with van der Waals surface area (Å²) in [5.74, 6) is 0.932. The van der Waals surface area contributed by atoms with Crippen molar-refractivity contribution in [2.75, 3.05) is 6.61 Å². The molecule has 0 fully saturated rings. The molecule has 1 rings (SSSR count). The molecule has 0 aromatic heterocycles. The van der Waals surface area contributed by atoms with E-state index in [-0.39, 0.29) is 11.5 Å². The van der Waals surface area contributed by atoms with Gasteiger partial charge in [-0.15, -0.1) is 0 Å². The SMILES string of the molecule is Cc1cccc(OCCC(N)C(C)(C)C)c1. The van der Waals surface area contributed by atoms with Crippen LogP contribution in [0.15, 0.2) is 24.3 Å². The Morgan fingerprint density at radius 2 is 2.00 bits per heavy atom. The zero-order valence-electron chi connectivity index (χ0n) is 10.8. The molecule has 1 aromatic carbocycles. The molecular formula is C14H23NO. The molecule has 16 heavy (non-hydrogen) atoms. The van der Waals surface area contributed by atoms with Gasteiger partial charge in [-0.25, -0.2) is 0 Å². The fourth-order valence-corrected chi connectivity index (χ4v) is 1.44. The summed E-state index contributed by atoms with van der Waals surface area (Å²) in [5.41, 5.74) is 7.43. The fourth-order valence-electron chi connectivity index (χ4n) is 1.44. The van der Waals surface area contributed by atoms with Crippen molar-refractivity contribution >= 4 is 0 Å². The summed E-state index contributed by atoms with van der Waals surface area (Å²) in [4.78, 5) is 0. The lowest BCUT2D eigenvalue weighted by atomic mass is 9.86. The summed E-state index contributed by atoms with van der Waals surface area (Å²) in [7, 11) is 0. The van der Waals surface area contributed by atoms with Crippen LogP contribution in [0.3, 0.4) is 0 Å². The van der Waals surface area contributed by atoms with E-state index in [9.17, 15) is 0 Å². The highest BCUT2D eigenvalue weighted by Gasteiger charge is 2.20. The lowest BCUT2D eigenvalue weighted by Gasteiger charge is -2.26. The summed E-state index contributed by atoms with van der Waals surface area (Å²) in [6.45, 7) is 9.22. The van der Waals surface area contributed by atoms with Gasteiger partial charge in [0.15, 0.2) is 0 Å². The number of hydrogen-bond acceptors (Lipinski definition) is 2. The Hall–Kier alpha value is -1.02. The van der Waals surface area contributed by atoms with E-state index in [0.29, 0.717) is 6.61 Å². The van der Waals surface area contributed by atoms with Crippen LogP contribution >= 0.6 is 0 Å². The van der Waals surface area contributed by atoms with Crippen LogP contribution in [-0.2, 0) is 0 Å². The van der Waals surface area contributed by atoms with Gasteiger partial charge in [0.1, 0.15) is 5.75 Å².